The van der Waals surface area contributed by atoms with Crippen LogP contribution < -0.4 is 20.1 Å². The summed E-state index contributed by atoms with van der Waals surface area (Å²) >= 11 is 0. The highest BCUT2D eigenvalue weighted by atomic mass is 16.5. The molecule has 0 aromatic heterocycles. The van der Waals surface area contributed by atoms with Gasteiger partial charge in [0.15, 0.2) is 23.0 Å². The number of ether oxygens (including phenoxy) is 2. The van der Waals surface area contributed by atoms with Crippen LogP contribution in [0.2, 0.25) is 0 Å². The fourth-order valence-electron chi connectivity index (χ4n) is 2.19. The van der Waals surface area contributed by atoms with Crippen molar-refractivity contribution in [3.05, 3.63) is 47.5 Å². The summed E-state index contributed by atoms with van der Waals surface area (Å²) in [5.41, 5.74) is 1.34. The molecule has 0 heterocycles. The van der Waals surface area contributed by atoms with Crippen LogP contribution in [0.5, 0.6) is 23.0 Å². The van der Waals surface area contributed by atoms with Gasteiger partial charge in [-0.2, -0.15) is 0 Å². The topological polar surface area (TPSA) is 117 Å². The van der Waals surface area contributed by atoms with Crippen molar-refractivity contribution in [2.45, 2.75) is 13.1 Å². The van der Waals surface area contributed by atoms with E-state index >= 15 is 0 Å². The SMILES string of the molecule is COc1cc(CNC(=O)C(=O)NCc2ccc(O)c(OC)c2)ccc1O. The highest BCUT2D eigenvalue weighted by Gasteiger charge is 2.13. The fraction of sp³-hybridized carbons (Fsp3) is 0.222. The maximum atomic E-state index is 11.9. The summed E-state index contributed by atoms with van der Waals surface area (Å²) in [6.45, 7) is 0.214. The highest BCUT2D eigenvalue weighted by molar-refractivity contribution is 6.35. The zero-order valence-electron chi connectivity index (χ0n) is 14.4. The van der Waals surface area contributed by atoms with Crippen molar-refractivity contribution >= 4 is 11.8 Å². The number of rotatable bonds is 6. The molecule has 0 spiro atoms. The fourth-order valence-corrected chi connectivity index (χ4v) is 2.19. The number of carbonyl (C=O) groups excluding carboxylic acids is 2. The Labute approximate surface area is 150 Å². The van der Waals surface area contributed by atoms with Gasteiger partial charge in [0, 0.05) is 13.1 Å². The largest absolute Gasteiger partial charge is 0.504 e. The van der Waals surface area contributed by atoms with Crippen LogP contribution >= 0.6 is 0 Å². The van der Waals surface area contributed by atoms with Gasteiger partial charge in [-0.15, -0.1) is 0 Å². The standard InChI is InChI=1S/C18H20N2O6/c1-25-15-7-11(3-5-13(15)21)9-19-17(23)18(24)20-10-12-4-6-14(22)16(8-12)26-2/h3-8,21-22H,9-10H2,1-2H3,(H,19,23)(H,20,24). The van der Waals surface area contributed by atoms with E-state index in [1.165, 1.54) is 26.4 Å². The molecule has 0 unspecified atom stereocenters. The molecule has 8 nitrogen and oxygen atoms in total. The molecule has 0 fully saturated rings. The van der Waals surface area contributed by atoms with Crippen molar-refractivity contribution in [1.82, 2.24) is 10.6 Å². The maximum Gasteiger partial charge on any atom is 0.309 e. The highest BCUT2D eigenvalue weighted by Crippen LogP contribution is 2.26. The monoisotopic (exact) mass is 360 g/mol. The Balaban J connectivity index is 1.87. The minimum Gasteiger partial charge on any atom is -0.504 e. The molecule has 26 heavy (non-hydrogen) atoms. The summed E-state index contributed by atoms with van der Waals surface area (Å²) in [5, 5.41) is 24.0. The molecule has 0 saturated carbocycles. The molecule has 0 aliphatic rings. The molecule has 0 aliphatic heterocycles. The molecule has 2 aromatic rings. The molecule has 8 heteroatoms. The van der Waals surface area contributed by atoms with Gasteiger partial charge in [-0.3, -0.25) is 9.59 Å². The normalized spacial score (nSPS) is 10.1. The van der Waals surface area contributed by atoms with Gasteiger partial charge in [-0.25, -0.2) is 0 Å². The third kappa shape index (κ3) is 4.79. The Morgan fingerprint density at radius 1 is 0.808 bits per heavy atom. The summed E-state index contributed by atoms with van der Waals surface area (Å²) in [4.78, 5) is 23.7. The Hall–Kier alpha value is -3.42. The van der Waals surface area contributed by atoms with Crippen LogP contribution in [0.15, 0.2) is 36.4 Å². The van der Waals surface area contributed by atoms with E-state index in [9.17, 15) is 19.8 Å². The zero-order valence-corrected chi connectivity index (χ0v) is 14.4. The summed E-state index contributed by atoms with van der Waals surface area (Å²) in [6, 6.07) is 9.24. The van der Waals surface area contributed by atoms with E-state index in [-0.39, 0.29) is 36.1 Å². The van der Waals surface area contributed by atoms with Crippen molar-refractivity contribution in [2.24, 2.45) is 0 Å². The van der Waals surface area contributed by atoms with Crippen LogP contribution in [0.1, 0.15) is 11.1 Å². The van der Waals surface area contributed by atoms with Gasteiger partial charge in [0.1, 0.15) is 0 Å². The van der Waals surface area contributed by atoms with Gasteiger partial charge in [-0.05, 0) is 35.4 Å². The number of hydrogen-bond donors (Lipinski definition) is 4. The van der Waals surface area contributed by atoms with Gasteiger partial charge in [0.2, 0.25) is 0 Å². The summed E-state index contributed by atoms with van der Waals surface area (Å²) in [6.07, 6.45) is 0. The Morgan fingerprint density at radius 3 is 1.54 bits per heavy atom. The lowest BCUT2D eigenvalue weighted by Crippen LogP contribution is -2.39. The lowest BCUT2D eigenvalue weighted by molar-refractivity contribution is -0.139. The number of benzene rings is 2. The van der Waals surface area contributed by atoms with E-state index < -0.39 is 11.8 Å². The van der Waals surface area contributed by atoms with E-state index in [0.29, 0.717) is 11.1 Å². The van der Waals surface area contributed by atoms with Crippen LogP contribution in [0, 0.1) is 0 Å². The minimum absolute atomic E-state index is 0.00959. The first-order valence-corrected chi connectivity index (χ1v) is 7.72. The molecule has 4 N–H and O–H groups in total. The number of nitrogens with one attached hydrogen (secondary N) is 2. The average Bonchev–Trinajstić information content (AvgIpc) is 2.66. The van der Waals surface area contributed by atoms with E-state index in [4.69, 9.17) is 9.47 Å². The van der Waals surface area contributed by atoms with Crippen molar-refractivity contribution in [2.75, 3.05) is 14.2 Å². The second kappa shape index (κ2) is 8.61. The smallest absolute Gasteiger partial charge is 0.309 e. The second-order valence-corrected chi connectivity index (χ2v) is 5.38. The lowest BCUT2D eigenvalue weighted by atomic mass is 10.2. The Morgan fingerprint density at radius 2 is 1.19 bits per heavy atom. The van der Waals surface area contributed by atoms with Crippen molar-refractivity contribution < 1.29 is 29.3 Å². The van der Waals surface area contributed by atoms with Crippen molar-refractivity contribution in [3.8, 4) is 23.0 Å². The van der Waals surface area contributed by atoms with Crippen LogP contribution in [-0.4, -0.2) is 36.2 Å². The lowest BCUT2D eigenvalue weighted by Gasteiger charge is -2.09. The van der Waals surface area contributed by atoms with E-state index in [1.807, 2.05) is 0 Å². The molecular formula is C18H20N2O6. The number of methoxy groups -OCH3 is 2. The average molecular weight is 360 g/mol. The van der Waals surface area contributed by atoms with E-state index in [2.05, 4.69) is 10.6 Å². The molecular weight excluding hydrogens is 340 g/mol. The van der Waals surface area contributed by atoms with Gasteiger partial charge < -0.3 is 30.3 Å². The number of hydrogen-bond acceptors (Lipinski definition) is 6. The minimum atomic E-state index is -0.789. The van der Waals surface area contributed by atoms with Gasteiger partial charge in [0.05, 0.1) is 14.2 Å². The summed E-state index contributed by atoms with van der Waals surface area (Å²) < 4.78 is 9.97. The summed E-state index contributed by atoms with van der Waals surface area (Å²) in [5.74, 6) is -1.04. The van der Waals surface area contributed by atoms with Gasteiger partial charge >= 0.3 is 11.8 Å². The molecule has 0 saturated heterocycles. The van der Waals surface area contributed by atoms with Crippen LogP contribution in [0.3, 0.4) is 0 Å². The molecule has 0 bridgehead atoms. The van der Waals surface area contributed by atoms with E-state index in [0.717, 1.165) is 0 Å². The molecule has 2 aromatic carbocycles. The predicted molar refractivity (Wildman–Crippen MR) is 93.0 cm³/mol. The quantitative estimate of drug-likeness (QED) is 0.572. The van der Waals surface area contributed by atoms with Crippen LogP contribution in [0.4, 0.5) is 0 Å². The number of phenolic OH excluding ortho intramolecular Hbond substituents is 2. The summed E-state index contributed by atoms with van der Waals surface area (Å²) in [7, 11) is 2.84. The third-order valence-corrected chi connectivity index (χ3v) is 3.60. The van der Waals surface area contributed by atoms with Crippen molar-refractivity contribution in [3.63, 3.8) is 0 Å². The first kappa shape index (κ1) is 18.9. The zero-order chi connectivity index (χ0) is 19.1. The molecule has 0 aliphatic carbocycles. The number of amides is 2. The number of aromatic hydroxyl groups is 2. The number of phenols is 2. The molecule has 138 valence electrons. The van der Waals surface area contributed by atoms with Crippen LogP contribution in [-0.2, 0) is 22.7 Å². The Kier molecular flexibility index (Phi) is 6.26. The molecule has 2 rings (SSSR count). The number of carbonyl (C=O) groups is 2. The van der Waals surface area contributed by atoms with Crippen molar-refractivity contribution in [1.29, 1.82) is 0 Å². The molecule has 0 radical (unpaired) electrons. The predicted octanol–water partition coefficient (Wildman–Crippen LogP) is 1.05. The van der Waals surface area contributed by atoms with E-state index in [1.54, 1.807) is 24.3 Å². The third-order valence-electron chi connectivity index (χ3n) is 3.60. The first-order chi connectivity index (χ1) is 12.4. The molecule has 0 atom stereocenters. The second-order valence-electron chi connectivity index (χ2n) is 5.38. The van der Waals surface area contributed by atoms with Gasteiger partial charge in [0.25, 0.3) is 0 Å². The van der Waals surface area contributed by atoms with Crippen LogP contribution in [0.25, 0.3) is 0 Å². The Bertz CT molecular complexity index is 739. The first-order valence-electron chi connectivity index (χ1n) is 7.72. The maximum absolute atomic E-state index is 11.9. The van der Waals surface area contributed by atoms with Gasteiger partial charge in [-0.1, -0.05) is 12.1 Å². The molecule has 2 amide bonds.